The Balaban J connectivity index is 2.10. The molecule has 2 nitrogen and oxygen atoms in total. The Labute approximate surface area is 108 Å². The summed E-state index contributed by atoms with van der Waals surface area (Å²) in [5.74, 6) is 0. The fraction of sp³-hybridized carbons (Fsp3) is 0.167. The van der Waals surface area contributed by atoms with Gasteiger partial charge in [0.25, 0.3) is 0 Å². The summed E-state index contributed by atoms with van der Waals surface area (Å²) in [5.41, 5.74) is 8.93. The van der Waals surface area contributed by atoms with Crippen LogP contribution in [0.25, 0.3) is 0 Å². The highest BCUT2D eigenvalue weighted by molar-refractivity contribution is 9.10. The maximum Gasteiger partial charge on any atom is 0.0606 e. The molecule has 0 atom stereocenters. The molecule has 2 aromatic rings. The first-order valence-corrected chi connectivity index (χ1v) is 6.66. The molecule has 16 heavy (non-hydrogen) atoms. The van der Waals surface area contributed by atoms with Crippen molar-refractivity contribution in [3.8, 4) is 0 Å². The van der Waals surface area contributed by atoms with Crippen LogP contribution in [0.4, 0.5) is 11.4 Å². The zero-order valence-corrected chi connectivity index (χ0v) is 11.4. The van der Waals surface area contributed by atoms with Crippen LogP contribution in [0.1, 0.15) is 10.4 Å². The predicted octanol–water partition coefficient (Wildman–Crippen LogP) is 4.01. The monoisotopic (exact) mass is 296 g/mol. The largest absolute Gasteiger partial charge is 0.397 e. The van der Waals surface area contributed by atoms with E-state index in [1.807, 2.05) is 12.1 Å². The minimum absolute atomic E-state index is 0.802. The third-order valence-electron chi connectivity index (χ3n) is 2.37. The van der Waals surface area contributed by atoms with Crippen LogP contribution >= 0.6 is 27.3 Å². The van der Waals surface area contributed by atoms with Gasteiger partial charge in [0, 0.05) is 21.3 Å². The maximum atomic E-state index is 5.92. The van der Waals surface area contributed by atoms with Crippen molar-refractivity contribution >= 4 is 38.6 Å². The molecule has 0 saturated carbocycles. The van der Waals surface area contributed by atoms with Gasteiger partial charge in [0.1, 0.15) is 0 Å². The van der Waals surface area contributed by atoms with E-state index in [0.29, 0.717) is 0 Å². The highest BCUT2D eigenvalue weighted by Crippen LogP contribution is 2.25. The third-order valence-corrected chi connectivity index (χ3v) is 4.06. The molecule has 0 aliphatic rings. The first kappa shape index (κ1) is 11.5. The van der Waals surface area contributed by atoms with Crippen molar-refractivity contribution in [2.45, 2.75) is 13.5 Å². The van der Waals surface area contributed by atoms with Crippen molar-refractivity contribution in [3.63, 3.8) is 0 Å². The lowest BCUT2D eigenvalue weighted by Gasteiger charge is -2.11. The van der Waals surface area contributed by atoms with E-state index in [1.54, 1.807) is 11.3 Å². The van der Waals surface area contributed by atoms with E-state index in [-0.39, 0.29) is 0 Å². The highest BCUT2D eigenvalue weighted by Gasteiger charge is 2.03. The van der Waals surface area contributed by atoms with E-state index in [9.17, 15) is 0 Å². The van der Waals surface area contributed by atoms with Crippen LogP contribution in [0.15, 0.2) is 34.1 Å². The molecule has 1 aromatic carbocycles. The Morgan fingerprint density at radius 1 is 1.44 bits per heavy atom. The number of thiophene rings is 1. The average molecular weight is 297 g/mol. The Kier molecular flexibility index (Phi) is 3.51. The van der Waals surface area contributed by atoms with Crippen molar-refractivity contribution in [2.75, 3.05) is 11.1 Å². The summed E-state index contributed by atoms with van der Waals surface area (Å²) in [4.78, 5) is 1.29. The van der Waals surface area contributed by atoms with Crippen LogP contribution in [0.5, 0.6) is 0 Å². The first-order valence-electron chi connectivity index (χ1n) is 4.98. The SMILES string of the molecule is Cc1cccc(N)c1NCc1cc(Br)cs1. The Morgan fingerprint density at radius 2 is 2.25 bits per heavy atom. The van der Waals surface area contributed by atoms with Crippen LogP contribution in [0, 0.1) is 6.92 Å². The van der Waals surface area contributed by atoms with E-state index >= 15 is 0 Å². The molecule has 0 unspecified atom stereocenters. The molecule has 1 heterocycles. The van der Waals surface area contributed by atoms with Crippen molar-refractivity contribution in [1.82, 2.24) is 0 Å². The lowest BCUT2D eigenvalue weighted by Crippen LogP contribution is -2.02. The number of nitrogens with one attached hydrogen (secondary N) is 1. The molecular formula is C12H13BrN2S. The van der Waals surface area contributed by atoms with Gasteiger partial charge in [-0.15, -0.1) is 11.3 Å². The highest BCUT2D eigenvalue weighted by atomic mass is 79.9. The lowest BCUT2D eigenvalue weighted by molar-refractivity contribution is 1.18. The number of benzene rings is 1. The Bertz CT molecular complexity index is 473. The topological polar surface area (TPSA) is 38.0 Å². The van der Waals surface area contributed by atoms with Crippen LogP contribution in [0.2, 0.25) is 0 Å². The molecule has 0 amide bonds. The summed E-state index contributed by atoms with van der Waals surface area (Å²) in [5, 5.41) is 5.46. The van der Waals surface area contributed by atoms with Gasteiger partial charge in [0.15, 0.2) is 0 Å². The van der Waals surface area contributed by atoms with Crippen LogP contribution in [0.3, 0.4) is 0 Å². The number of hydrogen-bond acceptors (Lipinski definition) is 3. The van der Waals surface area contributed by atoms with Gasteiger partial charge in [-0.2, -0.15) is 0 Å². The molecule has 84 valence electrons. The third kappa shape index (κ3) is 2.57. The van der Waals surface area contributed by atoms with Gasteiger partial charge in [-0.25, -0.2) is 0 Å². The molecule has 2 rings (SSSR count). The van der Waals surface area contributed by atoms with Gasteiger partial charge in [0.2, 0.25) is 0 Å². The summed E-state index contributed by atoms with van der Waals surface area (Å²) in [6, 6.07) is 8.06. The number of rotatable bonds is 3. The second-order valence-electron chi connectivity index (χ2n) is 3.62. The molecule has 0 fully saturated rings. The van der Waals surface area contributed by atoms with E-state index in [1.165, 1.54) is 10.4 Å². The summed E-state index contributed by atoms with van der Waals surface area (Å²) in [6.07, 6.45) is 0. The van der Waals surface area contributed by atoms with Gasteiger partial charge < -0.3 is 11.1 Å². The molecule has 1 aromatic heterocycles. The summed E-state index contributed by atoms with van der Waals surface area (Å²) >= 11 is 5.18. The molecule has 0 spiro atoms. The van der Waals surface area contributed by atoms with Crippen molar-refractivity contribution < 1.29 is 0 Å². The quantitative estimate of drug-likeness (QED) is 0.840. The molecule has 3 N–H and O–H groups in total. The molecule has 0 radical (unpaired) electrons. The summed E-state index contributed by atoms with van der Waals surface area (Å²) < 4.78 is 1.13. The van der Waals surface area contributed by atoms with Gasteiger partial charge in [-0.1, -0.05) is 12.1 Å². The number of para-hydroxylation sites is 1. The smallest absolute Gasteiger partial charge is 0.0606 e. The number of hydrogen-bond donors (Lipinski definition) is 2. The van der Waals surface area contributed by atoms with Crippen LogP contribution in [-0.4, -0.2) is 0 Å². The Morgan fingerprint density at radius 3 is 2.88 bits per heavy atom. The number of halogens is 1. The molecule has 0 aliphatic carbocycles. The Hall–Kier alpha value is -1.000. The average Bonchev–Trinajstić information content (AvgIpc) is 2.63. The molecule has 0 bridgehead atoms. The number of nitrogen functional groups attached to an aromatic ring is 1. The summed E-state index contributed by atoms with van der Waals surface area (Å²) in [6.45, 7) is 2.87. The van der Waals surface area contributed by atoms with E-state index < -0.39 is 0 Å². The van der Waals surface area contributed by atoms with Crippen molar-refractivity contribution in [1.29, 1.82) is 0 Å². The minimum Gasteiger partial charge on any atom is -0.397 e. The van der Waals surface area contributed by atoms with Gasteiger partial charge >= 0.3 is 0 Å². The fourth-order valence-electron chi connectivity index (χ4n) is 1.55. The second-order valence-corrected chi connectivity index (χ2v) is 5.54. The lowest BCUT2D eigenvalue weighted by atomic mass is 10.1. The van der Waals surface area contributed by atoms with E-state index in [2.05, 4.69) is 45.7 Å². The van der Waals surface area contributed by atoms with E-state index in [4.69, 9.17) is 5.73 Å². The molecular weight excluding hydrogens is 284 g/mol. The minimum atomic E-state index is 0.802. The van der Waals surface area contributed by atoms with Crippen LogP contribution in [-0.2, 0) is 6.54 Å². The standard InChI is InChI=1S/C12H13BrN2S/c1-8-3-2-4-11(14)12(8)15-6-10-5-9(13)7-16-10/h2-5,7,15H,6,14H2,1H3. The molecule has 4 heteroatoms. The second kappa shape index (κ2) is 4.89. The van der Waals surface area contributed by atoms with Crippen molar-refractivity contribution in [2.24, 2.45) is 0 Å². The van der Waals surface area contributed by atoms with Crippen LogP contribution < -0.4 is 11.1 Å². The van der Waals surface area contributed by atoms with Gasteiger partial charge in [-0.05, 0) is 40.5 Å². The van der Waals surface area contributed by atoms with Gasteiger partial charge in [0.05, 0.1) is 11.4 Å². The molecule has 0 saturated heterocycles. The van der Waals surface area contributed by atoms with Crippen molar-refractivity contribution in [3.05, 3.63) is 44.6 Å². The number of anilines is 2. The van der Waals surface area contributed by atoms with E-state index in [0.717, 1.165) is 22.4 Å². The fourth-order valence-corrected chi connectivity index (χ4v) is 2.94. The zero-order valence-electron chi connectivity index (χ0n) is 8.96. The van der Waals surface area contributed by atoms with Gasteiger partial charge in [-0.3, -0.25) is 0 Å². The summed E-state index contributed by atoms with van der Waals surface area (Å²) in [7, 11) is 0. The number of nitrogens with two attached hydrogens (primary N) is 1. The predicted molar refractivity (Wildman–Crippen MR) is 74.9 cm³/mol. The molecule has 0 aliphatic heterocycles. The maximum absolute atomic E-state index is 5.92. The normalized spacial score (nSPS) is 10.4. The number of aryl methyl sites for hydroxylation is 1. The zero-order chi connectivity index (χ0) is 11.5. The first-order chi connectivity index (χ1) is 7.66.